The van der Waals surface area contributed by atoms with Crippen LogP contribution in [0.4, 0.5) is 5.69 Å². The third-order valence-electron chi connectivity index (χ3n) is 3.79. The van der Waals surface area contributed by atoms with Crippen molar-refractivity contribution in [2.45, 2.75) is 20.8 Å². The van der Waals surface area contributed by atoms with E-state index in [0.717, 1.165) is 22.4 Å². The van der Waals surface area contributed by atoms with Crippen molar-refractivity contribution in [3.05, 3.63) is 58.7 Å². The van der Waals surface area contributed by atoms with Crippen LogP contribution in [-0.2, 0) is 9.59 Å². The van der Waals surface area contributed by atoms with Crippen molar-refractivity contribution in [2.24, 2.45) is 0 Å². The van der Waals surface area contributed by atoms with Gasteiger partial charge < -0.3 is 15.4 Å². The summed E-state index contributed by atoms with van der Waals surface area (Å²) in [7, 11) is 0. The highest BCUT2D eigenvalue weighted by atomic mass is 16.5. The van der Waals surface area contributed by atoms with Gasteiger partial charge in [0.2, 0.25) is 5.91 Å². The molecule has 0 aliphatic rings. The number of ether oxygens (including phenoxy) is 1. The van der Waals surface area contributed by atoms with Gasteiger partial charge in [0.15, 0.2) is 12.9 Å². The Hall–Kier alpha value is -3.15. The van der Waals surface area contributed by atoms with Gasteiger partial charge >= 0.3 is 0 Å². The van der Waals surface area contributed by atoms with Crippen molar-refractivity contribution in [3.8, 4) is 5.75 Å². The second-order valence-corrected chi connectivity index (χ2v) is 6.04. The number of rotatable bonds is 7. The smallest absolute Gasteiger partial charge is 0.258 e. The van der Waals surface area contributed by atoms with Gasteiger partial charge in [0.25, 0.3) is 5.91 Å². The van der Waals surface area contributed by atoms with Crippen molar-refractivity contribution in [1.29, 1.82) is 0 Å². The molecule has 0 unspecified atom stereocenters. The third-order valence-corrected chi connectivity index (χ3v) is 3.79. The summed E-state index contributed by atoms with van der Waals surface area (Å²) in [4.78, 5) is 34.8. The molecule has 2 aromatic rings. The topological polar surface area (TPSA) is 84.5 Å². The maximum atomic E-state index is 12.1. The molecule has 6 nitrogen and oxygen atoms in total. The Morgan fingerprint density at radius 1 is 1.04 bits per heavy atom. The molecule has 0 aliphatic heterocycles. The second-order valence-electron chi connectivity index (χ2n) is 6.04. The minimum atomic E-state index is -0.446. The lowest BCUT2D eigenvalue weighted by Gasteiger charge is -2.13. The summed E-state index contributed by atoms with van der Waals surface area (Å²) in [6.45, 7) is 5.40. The van der Waals surface area contributed by atoms with Gasteiger partial charge in [-0.1, -0.05) is 29.8 Å². The first kappa shape index (κ1) is 19.2. The molecule has 0 saturated carbocycles. The minimum absolute atomic E-state index is 0.162. The molecule has 0 heterocycles. The SMILES string of the molecule is Cc1cc(C)c(NC(=O)CNC(=O)COc2ccccc2C=O)c(C)c1. The highest BCUT2D eigenvalue weighted by Gasteiger charge is 2.11. The van der Waals surface area contributed by atoms with E-state index >= 15 is 0 Å². The largest absolute Gasteiger partial charge is 0.483 e. The Morgan fingerprint density at radius 3 is 2.35 bits per heavy atom. The fraction of sp³-hybridized carbons (Fsp3) is 0.250. The van der Waals surface area contributed by atoms with Gasteiger partial charge in [0, 0.05) is 5.69 Å². The van der Waals surface area contributed by atoms with E-state index in [9.17, 15) is 14.4 Å². The first-order valence-corrected chi connectivity index (χ1v) is 8.22. The predicted octanol–water partition coefficient (Wildman–Crippen LogP) is 2.56. The Bertz CT molecular complexity index is 807. The highest BCUT2D eigenvalue weighted by molar-refractivity contribution is 5.96. The van der Waals surface area contributed by atoms with Gasteiger partial charge in [0.1, 0.15) is 5.75 Å². The van der Waals surface area contributed by atoms with Gasteiger partial charge in [-0.05, 0) is 44.0 Å². The molecule has 0 aromatic heterocycles. The van der Waals surface area contributed by atoms with E-state index in [-0.39, 0.29) is 19.1 Å². The Balaban J connectivity index is 1.84. The molecule has 2 N–H and O–H groups in total. The molecule has 136 valence electrons. The fourth-order valence-corrected chi connectivity index (χ4v) is 2.64. The molecule has 6 heteroatoms. The van der Waals surface area contributed by atoms with E-state index in [1.54, 1.807) is 24.3 Å². The van der Waals surface area contributed by atoms with Crippen LogP contribution in [0.2, 0.25) is 0 Å². The number of amides is 2. The van der Waals surface area contributed by atoms with Gasteiger partial charge in [0.05, 0.1) is 12.1 Å². The number of aldehydes is 1. The Kier molecular flexibility index (Phi) is 6.49. The monoisotopic (exact) mass is 354 g/mol. The lowest BCUT2D eigenvalue weighted by atomic mass is 10.1. The van der Waals surface area contributed by atoms with Crippen LogP contribution in [-0.4, -0.2) is 31.3 Å². The fourth-order valence-electron chi connectivity index (χ4n) is 2.64. The molecule has 2 rings (SSSR count). The average molecular weight is 354 g/mol. The molecule has 0 fully saturated rings. The number of nitrogens with one attached hydrogen (secondary N) is 2. The van der Waals surface area contributed by atoms with Gasteiger partial charge in [-0.25, -0.2) is 0 Å². The predicted molar refractivity (Wildman–Crippen MR) is 99.6 cm³/mol. The molecule has 0 spiro atoms. The van der Waals surface area contributed by atoms with E-state index in [1.807, 2.05) is 32.9 Å². The van der Waals surface area contributed by atoms with Crippen LogP contribution >= 0.6 is 0 Å². The molecule has 0 atom stereocenters. The van der Waals surface area contributed by atoms with Crippen molar-refractivity contribution in [3.63, 3.8) is 0 Å². The van der Waals surface area contributed by atoms with Crippen LogP contribution in [0.3, 0.4) is 0 Å². The standard InChI is InChI=1S/C20H22N2O4/c1-13-8-14(2)20(15(3)9-13)22-18(24)10-21-19(25)12-26-17-7-5-4-6-16(17)11-23/h4-9,11H,10,12H2,1-3H3,(H,21,25)(H,22,24). The number of para-hydroxylation sites is 1. The molecule has 0 saturated heterocycles. The van der Waals surface area contributed by atoms with Gasteiger partial charge in [-0.15, -0.1) is 0 Å². The molecule has 0 aliphatic carbocycles. The van der Waals surface area contributed by atoms with Gasteiger partial charge in [-0.2, -0.15) is 0 Å². The second kappa shape index (κ2) is 8.80. The quantitative estimate of drug-likeness (QED) is 0.749. The van der Waals surface area contributed by atoms with Crippen LogP contribution in [0.25, 0.3) is 0 Å². The maximum Gasteiger partial charge on any atom is 0.258 e. The molecular formula is C20H22N2O4. The summed E-state index contributed by atoms with van der Waals surface area (Å²) in [5.41, 5.74) is 4.18. The molecule has 0 radical (unpaired) electrons. The number of hydrogen-bond donors (Lipinski definition) is 2. The Labute approximate surface area is 152 Å². The van der Waals surface area contributed by atoms with E-state index < -0.39 is 5.91 Å². The van der Waals surface area contributed by atoms with E-state index in [2.05, 4.69) is 10.6 Å². The summed E-state index contributed by atoms with van der Waals surface area (Å²) >= 11 is 0. The van der Waals surface area contributed by atoms with E-state index in [0.29, 0.717) is 17.6 Å². The summed E-state index contributed by atoms with van der Waals surface area (Å²) in [5.74, 6) is -0.437. The van der Waals surface area contributed by atoms with Crippen LogP contribution in [0.1, 0.15) is 27.0 Å². The molecule has 2 amide bonds. The Morgan fingerprint density at radius 2 is 1.69 bits per heavy atom. The number of anilines is 1. The van der Waals surface area contributed by atoms with Crippen LogP contribution in [0, 0.1) is 20.8 Å². The summed E-state index contributed by atoms with van der Waals surface area (Å²) in [6.07, 6.45) is 0.660. The van der Waals surface area contributed by atoms with Crippen molar-refractivity contribution >= 4 is 23.8 Å². The lowest BCUT2D eigenvalue weighted by molar-refractivity contribution is -0.125. The summed E-state index contributed by atoms with van der Waals surface area (Å²) < 4.78 is 5.32. The molecule has 2 aromatic carbocycles. The van der Waals surface area contributed by atoms with Crippen LogP contribution in [0.15, 0.2) is 36.4 Å². The minimum Gasteiger partial charge on any atom is -0.483 e. The van der Waals surface area contributed by atoms with Crippen LogP contribution < -0.4 is 15.4 Å². The zero-order chi connectivity index (χ0) is 19.1. The zero-order valence-electron chi connectivity index (χ0n) is 15.1. The molecular weight excluding hydrogens is 332 g/mol. The van der Waals surface area contributed by atoms with Crippen molar-refractivity contribution in [2.75, 3.05) is 18.5 Å². The van der Waals surface area contributed by atoms with Gasteiger partial charge in [-0.3, -0.25) is 14.4 Å². The summed E-state index contributed by atoms with van der Waals surface area (Å²) in [6, 6.07) is 10.6. The first-order valence-electron chi connectivity index (χ1n) is 8.22. The number of carbonyl (C=O) groups is 3. The summed E-state index contributed by atoms with van der Waals surface area (Å²) in [5, 5.41) is 5.31. The maximum absolute atomic E-state index is 12.1. The van der Waals surface area contributed by atoms with E-state index in [4.69, 9.17) is 4.74 Å². The lowest BCUT2D eigenvalue weighted by Crippen LogP contribution is -2.36. The van der Waals surface area contributed by atoms with Crippen LogP contribution in [0.5, 0.6) is 5.75 Å². The van der Waals surface area contributed by atoms with Crippen molar-refractivity contribution in [1.82, 2.24) is 5.32 Å². The number of aryl methyl sites for hydroxylation is 3. The number of hydrogen-bond acceptors (Lipinski definition) is 4. The van der Waals surface area contributed by atoms with Crippen molar-refractivity contribution < 1.29 is 19.1 Å². The first-order chi connectivity index (χ1) is 12.4. The third kappa shape index (κ3) is 5.17. The average Bonchev–Trinajstić information content (AvgIpc) is 2.61. The number of benzene rings is 2. The molecule has 0 bridgehead atoms. The van der Waals surface area contributed by atoms with E-state index in [1.165, 1.54) is 0 Å². The highest BCUT2D eigenvalue weighted by Crippen LogP contribution is 2.21. The molecule has 26 heavy (non-hydrogen) atoms. The zero-order valence-corrected chi connectivity index (χ0v) is 15.1. The normalized spacial score (nSPS) is 10.1. The number of carbonyl (C=O) groups excluding carboxylic acids is 3.